The van der Waals surface area contributed by atoms with Gasteiger partial charge in [0.05, 0.1) is 5.75 Å². The Labute approximate surface area is 118 Å². The molecule has 3 rings (SSSR count). The number of nitrogens with zero attached hydrogens (tertiary/aromatic N) is 1. The number of sulfonamides is 1. The van der Waals surface area contributed by atoms with Crippen LogP contribution in [0.15, 0.2) is 16.8 Å². The third kappa shape index (κ3) is 3.78. The van der Waals surface area contributed by atoms with Crippen molar-refractivity contribution < 1.29 is 8.42 Å². The van der Waals surface area contributed by atoms with Crippen molar-refractivity contribution in [2.45, 2.75) is 44.3 Å². The number of thiophene rings is 1. The van der Waals surface area contributed by atoms with Gasteiger partial charge in [0.1, 0.15) is 0 Å². The van der Waals surface area contributed by atoms with Crippen LogP contribution in [0.25, 0.3) is 0 Å². The topological polar surface area (TPSA) is 49.4 Å². The number of nitrogens with one attached hydrogen (secondary N) is 1. The van der Waals surface area contributed by atoms with E-state index in [1.54, 1.807) is 15.6 Å². The van der Waals surface area contributed by atoms with Gasteiger partial charge in [0.25, 0.3) is 0 Å². The Hall–Kier alpha value is -0.430. The first-order valence-corrected chi connectivity index (χ1v) is 9.44. The lowest BCUT2D eigenvalue weighted by atomic mass is 10.3. The monoisotopic (exact) mass is 300 g/mol. The zero-order valence-corrected chi connectivity index (χ0v) is 12.5. The van der Waals surface area contributed by atoms with Crippen LogP contribution in [0.4, 0.5) is 0 Å². The van der Waals surface area contributed by atoms with Crippen molar-refractivity contribution in [1.29, 1.82) is 0 Å². The molecule has 19 heavy (non-hydrogen) atoms. The highest BCUT2D eigenvalue weighted by Crippen LogP contribution is 2.31. The second-order valence-electron chi connectivity index (χ2n) is 5.45. The first-order valence-electron chi connectivity index (χ1n) is 6.89. The minimum Gasteiger partial charge on any atom is -0.313 e. The predicted octanol–water partition coefficient (Wildman–Crippen LogP) is 1.79. The molecule has 1 aromatic rings. The molecule has 0 unspecified atom stereocenters. The molecule has 106 valence electrons. The molecule has 2 aliphatic carbocycles. The van der Waals surface area contributed by atoms with Gasteiger partial charge >= 0.3 is 0 Å². The van der Waals surface area contributed by atoms with Crippen LogP contribution in [0.5, 0.6) is 0 Å². The Morgan fingerprint density at radius 2 is 2.11 bits per heavy atom. The van der Waals surface area contributed by atoms with Crippen LogP contribution in [0.2, 0.25) is 0 Å². The minimum atomic E-state index is -3.13. The zero-order chi connectivity index (χ0) is 13.3. The average Bonchev–Trinajstić information content (AvgIpc) is 3.28. The molecule has 0 bridgehead atoms. The lowest BCUT2D eigenvalue weighted by Gasteiger charge is -2.21. The highest BCUT2D eigenvalue weighted by atomic mass is 32.2. The van der Waals surface area contributed by atoms with Gasteiger partial charge in [-0.2, -0.15) is 15.6 Å². The maximum absolute atomic E-state index is 12.4. The van der Waals surface area contributed by atoms with Gasteiger partial charge in [0, 0.05) is 25.2 Å². The van der Waals surface area contributed by atoms with Crippen molar-refractivity contribution in [1.82, 2.24) is 9.62 Å². The maximum Gasteiger partial charge on any atom is 0.215 e. The predicted molar refractivity (Wildman–Crippen MR) is 77.7 cm³/mol. The van der Waals surface area contributed by atoms with Crippen molar-refractivity contribution in [2.24, 2.45) is 0 Å². The fourth-order valence-electron chi connectivity index (χ4n) is 2.18. The SMILES string of the molecule is O=S(=O)(CCNC1CC1)N(Cc1ccsc1)C1CC1. The summed E-state index contributed by atoms with van der Waals surface area (Å²) in [6.45, 7) is 1.12. The Morgan fingerprint density at radius 3 is 2.68 bits per heavy atom. The molecule has 1 N–H and O–H groups in total. The van der Waals surface area contributed by atoms with Crippen LogP contribution in [-0.4, -0.2) is 37.1 Å². The largest absolute Gasteiger partial charge is 0.313 e. The molecule has 0 radical (unpaired) electrons. The van der Waals surface area contributed by atoms with Gasteiger partial charge in [0.2, 0.25) is 10.0 Å². The van der Waals surface area contributed by atoms with Gasteiger partial charge in [-0.15, -0.1) is 0 Å². The van der Waals surface area contributed by atoms with Gasteiger partial charge < -0.3 is 5.32 Å². The van der Waals surface area contributed by atoms with Crippen LogP contribution in [0.3, 0.4) is 0 Å². The lowest BCUT2D eigenvalue weighted by Crippen LogP contribution is -2.37. The molecule has 2 fully saturated rings. The summed E-state index contributed by atoms with van der Waals surface area (Å²) in [6.07, 6.45) is 4.42. The Bertz CT molecular complexity index is 505. The second kappa shape index (κ2) is 5.52. The molecule has 1 heterocycles. The summed E-state index contributed by atoms with van der Waals surface area (Å²) in [5.74, 6) is 0.226. The minimum absolute atomic E-state index is 0.226. The van der Waals surface area contributed by atoms with E-state index in [2.05, 4.69) is 5.32 Å². The Balaban J connectivity index is 1.60. The van der Waals surface area contributed by atoms with E-state index >= 15 is 0 Å². The van der Waals surface area contributed by atoms with Gasteiger partial charge in [-0.3, -0.25) is 0 Å². The number of rotatable bonds is 8. The van der Waals surface area contributed by atoms with Crippen LogP contribution in [0, 0.1) is 0 Å². The molecule has 0 aliphatic heterocycles. The maximum atomic E-state index is 12.4. The summed E-state index contributed by atoms with van der Waals surface area (Å²) in [5, 5.41) is 7.32. The fourth-order valence-corrected chi connectivity index (χ4v) is 4.46. The Morgan fingerprint density at radius 1 is 1.32 bits per heavy atom. The normalized spacial score (nSPS) is 20.1. The zero-order valence-electron chi connectivity index (χ0n) is 10.9. The van der Waals surface area contributed by atoms with Gasteiger partial charge in [-0.1, -0.05) is 0 Å². The molecule has 0 saturated heterocycles. The average molecular weight is 300 g/mol. The quantitative estimate of drug-likeness (QED) is 0.796. The van der Waals surface area contributed by atoms with E-state index in [1.807, 2.05) is 16.8 Å². The standard InChI is InChI=1S/C13H20N2O2S2/c16-19(17,8-6-14-12-1-2-12)15(13-3-4-13)9-11-5-7-18-10-11/h5,7,10,12-14H,1-4,6,8-9H2. The Kier molecular flexibility index (Phi) is 3.93. The second-order valence-corrected chi connectivity index (χ2v) is 8.27. The molecule has 4 nitrogen and oxygen atoms in total. The van der Waals surface area contributed by atoms with Crippen molar-refractivity contribution in [2.75, 3.05) is 12.3 Å². The van der Waals surface area contributed by atoms with E-state index in [1.165, 1.54) is 12.8 Å². The summed E-state index contributed by atoms with van der Waals surface area (Å²) in [4.78, 5) is 0. The molecule has 0 atom stereocenters. The van der Waals surface area contributed by atoms with Crippen LogP contribution in [-0.2, 0) is 16.6 Å². The lowest BCUT2D eigenvalue weighted by molar-refractivity contribution is 0.398. The van der Waals surface area contributed by atoms with Crippen LogP contribution < -0.4 is 5.32 Å². The first kappa shape index (κ1) is 13.5. The van der Waals surface area contributed by atoms with Crippen molar-refractivity contribution >= 4 is 21.4 Å². The first-order chi connectivity index (χ1) is 9.15. The number of hydrogen-bond donors (Lipinski definition) is 1. The van der Waals surface area contributed by atoms with Crippen molar-refractivity contribution in [3.8, 4) is 0 Å². The molecule has 0 amide bonds. The third-order valence-corrected chi connectivity index (χ3v) is 6.19. The van der Waals surface area contributed by atoms with E-state index < -0.39 is 10.0 Å². The molecule has 0 spiro atoms. The smallest absolute Gasteiger partial charge is 0.215 e. The summed E-state index contributed by atoms with van der Waals surface area (Å²) in [7, 11) is -3.13. The number of hydrogen-bond acceptors (Lipinski definition) is 4. The van der Waals surface area contributed by atoms with E-state index in [9.17, 15) is 8.42 Å². The van der Waals surface area contributed by atoms with Crippen LogP contribution >= 0.6 is 11.3 Å². The van der Waals surface area contributed by atoms with Crippen molar-refractivity contribution in [3.63, 3.8) is 0 Å². The molecular formula is C13H20N2O2S2. The van der Waals surface area contributed by atoms with Crippen LogP contribution in [0.1, 0.15) is 31.2 Å². The van der Waals surface area contributed by atoms with E-state index in [0.29, 0.717) is 19.1 Å². The summed E-state index contributed by atoms with van der Waals surface area (Å²) in [5.41, 5.74) is 1.11. The summed E-state index contributed by atoms with van der Waals surface area (Å²) >= 11 is 1.62. The highest BCUT2D eigenvalue weighted by Gasteiger charge is 2.37. The summed E-state index contributed by atoms with van der Waals surface area (Å²) < 4.78 is 26.6. The molecule has 6 heteroatoms. The molecule has 1 aromatic heterocycles. The van der Waals surface area contributed by atoms with E-state index in [-0.39, 0.29) is 11.8 Å². The highest BCUT2D eigenvalue weighted by molar-refractivity contribution is 7.89. The summed E-state index contributed by atoms with van der Waals surface area (Å²) in [6, 6.07) is 2.82. The van der Waals surface area contributed by atoms with Gasteiger partial charge in [-0.05, 0) is 48.1 Å². The molecule has 0 aromatic carbocycles. The van der Waals surface area contributed by atoms with Crippen molar-refractivity contribution in [3.05, 3.63) is 22.4 Å². The molecular weight excluding hydrogens is 280 g/mol. The third-order valence-electron chi connectivity index (χ3n) is 3.60. The van der Waals surface area contributed by atoms with E-state index in [4.69, 9.17) is 0 Å². The van der Waals surface area contributed by atoms with Gasteiger partial charge in [-0.25, -0.2) is 8.42 Å². The van der Waals surface area contributed by atoms with E-state index in [0.717, 1.165) is 18.4 Å². The fraction of sp³-hybridized carbons (Fsp3) is 0.692. The van der Waals surface area contributed by atoms with Gasteiger partial charge in [0.15, 0.2) is 0 Å². The molecule has 2 aliphatic rings. The molecule has 2 saturated carbocycles.